The molecule has 1 amide bonds. The fourth-order valence-corrected chi connectivity index (χ4v) is 3.42. The van der Waals surface area contributed by atoms with Crippen molar-refractivity contribution in [2.45, 2.75) is 19.6 Å². The van der Waals surface area contributed by atoms with Crippen LogP contribution in [0.2, 0.25) is 0 Å². The van der Waals surface area contributed by atoms with Crippen LogP contribution in [0.25, 0.3) is 11.0 Å². The summed E-state index contributed by atoms with van der Waals surface area (Å²) < 4.78 is 13.1. The number of aromatic nitrogens is 2. The number of benzene rings is 2. The molecule has 1 aliphatic rings. The molecule has 0 saturated carbocycles. The van der Waals surface area contributed by atoms with Crippen LogP contribution in [0, 0.1) is 6.92 Å². The van der Waals surface area contributed by atoms with Gasteiger partial charge in [-0.15, -0.1) is 0 Å². The van der Waals surface area contributed by atoms with Crippen LogP contribution in [0.3, 0.4) is 0 Å². The molecule has 0 aliphatic carbocycles. The minimum atomic E-state index is -0.158. The van der Waals surface area contributed by atoms with Gasteiger partial charge in [0.05, 0.1) is 36.4 Å². The molecule has 0 bridgehead atoms. The molecule has 0 radical (unpaired) electrons. The zero-order chi connectivity index (χ0) is 18.1. The van der Waals surface area contributed by atoms with Crippen LogP contribution in [-0.4, -0.2) is 35.7 Å². The van der Waals surface area contributed by atoms with E-state index in [1.165, 1.54) is 5.56 Å². The molecule has 26 heavy (non-hydrogen) atoms. The minimum Gasteiger partial charge on any atom is -0.496 e. The van der Waals surface area contributed by atoms with E-state index in [2.05, 4.69) is 40.0 Å². The molecule has 1 aliphatic heterocycles. The van der Waals surface area contributed by atoms with E-state index in [0.717, 1.165) is 16.9 Å². The van der Waals surface area contributed by atoms with E-state index in [4.69, 9.17) is 9.47 Å². The lowest BCUT2D eigenvalue weighted by molar-refractivity contribution is 0.0553. The van der Waals surface area contributed by atoms with Crippen molar-refractivity contribution in [3.63, 3.8) is 0 Å². The van der Waals surface area contributed by atoms with Crippen LogP contribution >= 0.6 is 0 Å². The standard InChI is InChI=1S/C20H21N3O3/c1-13-7-8-17-16(9-13)22-19-12-26-11-14(23(17)19)10-21-20(24)15-5-3-4-6-18(15)25-2/h3-9,14H,10-12H2,1-2H3,(H,21,24)/t14-/m0/s1. The van der Waals surface area contributed by atoms with Crippen molar-refractivity contribution in [2.24, 2.45) is 0 Å². The summed E-state index contributed by atoms with van der Waals surface area (Å²) in [4.78, 5) is 17.3. The summed E-state index contributed by atoms with van der Waals surface area (Å²) in [5.41, 5.74) is 3.74. The molecule has 0 fully saturated rings. The first-order chi connectivity index (χ1) is 12.7. The van der Waals surface area contributed by atoms with Crippen LogP contribution in [0.5, 0.6) is 5.75 Å². The van der Waals surface area contributed by atoms with Crippen molar-refractivity contribution in [1.82, 2.24) is 14.9 Å². The van der Waals surface area contributed by atoms with Gasteiger partial charge in [-0.25, -0.2) is 4.98 Å². The fraction of sp³-hybridized carbons (Fsp3) is 0.300. The van der Waals surface area contributed by atoms with Crippen LogP contribution in [-0.2, 0) is 11.3 Å². The first kappa shape index (κ1) is 16.6. The lowest BCUT2D eigenvalue weighted by Crippen LogP contribution is -2.35. The Morgan fingerprint density at radius 1 is 1.35 bits per heavy atom. The summed E-state index contributed by atoms with van der Waals surface area (Å²) in [6.45, 7) is 3.55. The second kappa shape index (κ2) is 6.80. The number of nitrogens with one attached hydrogen (secondary N) is 1. The van der Waals surface area contributed by atoms with Gasteiger partial charge >= 0.3 is 0 Å². The maximum absolute atomic E-state index is 12.6. The molecular weight excluding hydrogens is 330 g/mol. The number of fused-ring (bicyclic) bond motifs is 3. The number of hydrogen-bond donors (Lipinski definition) is 1. The maximum Gasteiger partial charge on any atom is 0.255 e. The molecule has 0 unspecified atom stereocenters. The van der Waals surface area contributed by atoms with Crippen molar-refractivity contribution in [3.8, 4) is 5.75 Å². The van der Waals surface area contributed by atoms with Crippen molar-refractivity contribution in [2.75, 3.05) is 20.3 Å². The zero-order valence-electron chi connectivity index (χ0n) is 14.9. The average Bonchev–Trinajstić information content (AvgIpc) is 3.03. The third-order valence-corrected chi connectivity index (χ3v) is 4.67. The molecule has 1 atom stereocenters. The van der Waals surface area contributed by atoms with E-state index >= 15 is 0 Å². The second-order valence-electron chi connectivity index (χ2n) is 6.47. The fourth-order valence-electron chi connectivity index (χ4n) is 3.42. The van der Waals surface area contributed by atoms with E-state index in [0.29, 0.717) is 31.1 Å². The maximum atomic E-state index is 12.6. The quantitative estimate of drug-likeness (QED) is 0.785. The van der Waals surface area contributed by atoms with Gasteiger partial charge in [0.25, 0.3) is 5.91 Å². The van der Waals surface area contributed by atoms with Crippen molar-refractivity contribution in [3.05, 3.63) is 59.4 Å². The van der Waals surface area contributed by atoms with Gasteiger partial charge in [0.2, 0.25) is 0 Å². The number of hydrogen-bond acceptors (Lipinski definition) is 4. The SMILES string of the molecule is COc1ccccc1C(=O)NC[C@H]1COCc2nc3cc(C)ccc3n21. The van der Waals surface area contributed by atoms with Gasteiger partial charge < -0.3 is 19.4 Å². The molecule has 6 heteroatoms. The summed E-state index contributed by atoms with van der Waals surface area (Å²) in [5.74, 6) is 1.30. The van der Waals surface area contributed by atoms with Gasteiger partial charge in [0.15, 0.2) is 0 Å². The number of rotatable bonds is 4. The Kier molecular flexibility index (Phi) is 4.34. The smallest absolute Gasteiger partial charge is 0.255 e. The van der Waals surface area contributed by atoms with Crippen molar-refractivity contribution < 1.29 is 14.3 Å². The highest BCUT2D eigenvalue weighted by atomic mass is 16.5. The van der Waals surface area contributed by atoms with Crippen LogP contribution < -0.4 is 10.1 Å². The van der Waals surface area contributed by atoms with Crippen molar-refractivity contribution >= 4 is 16.9 Å². The first-order valence-corrected chi connectivity index (χ1v) is 8.64. The Hall–Kier alpha value is -2.86. The molecule has 134 valence electrons. The number of ether oxygens (including phenoxy) is 2. The summed E-state index contributed by atoms with van der Waals surface area (Å²) in [6, 6.07) is 13.4. The molecule has 3 aromatic rings. The summed E-state index contributed by atoms with van der Waals surface area (Å²) in [5, 5.41) is 3.00. The van der Waals surface area contributed by atoms with Crippen LogP contribution in [0.15, 0.2) is 42.5 Å². The molecule has 2 aromatic carbocycles. The van der Waals surface area contributed by atoms with Gasteiger partial charge in [-0.3, -0.25) is 4.79 Å². The predicted molar refractivity (Wildman–Crippen MR) is 98.5 cm³/mol. The molecule has 1 aromatic heterocycles. The molecule has 6 nitrogen and oxygen atoms in total. The average molecular weight is 351 g/mol. The largest absolute Gasteiger partial charge is 0.496 e. The minimum absolute atomic E-state index is 0.00473. The number of nitrogens with zero attached hydrogens (tertiary/aromatic N) is 2. The van der Waals surface area contributed by atoms with E-state index in [1.54, 1.807) is 19.2 Å². The highest BCUT2D eigenvalue weighted by Gasteiger charge is 2.25. The summed E-state index contributed by atoms with van der Waals surface area (Å²) in [7, 11) is 1.56. The molecule has 0 spiro atoms. The van der Waals surface area contributed by atoms with E-state index in [1.807, 2.05) is 12.1 Å². The predicted octanol–water partition coefficient (Wildman–Crippen LogP) is 2.85. The van der Waals surface area contributed by atoms with Gasteiger partial charge in [-0.1, -0.05) is 18.2 Å². The van der Waals surface area contributed by atoms with Gasteiger partial charge in [0.1, 0.15) is 18.2 Å². The number of para-hydroxylation sites is 1. The number of carbonyl (C=O) groups is 1. The number of imidazole rings is 1. The number of carbonyl (C=O) groups excluding carboxylic acids is 1. The van der Waals surface area contributed by atoms with Crippen LogP contribution in [0.4, 0.5) is 0 Å². The van der Waals surface area contributed by atoms with Crippen molar-refractivity contribution in [1.29, 1.82) is 0 Å². The highest BCUT2D eigenvalue weighted by Crippen LogP contribution is 2.26. The zero-order valence-corrected chi connectivity index (χ0v) is 14.9. The van der Waals surface area contributed by atoms with E-state index in [9.17, 15) is 4.79 Å². The first-order valence-electron chi connectivity index (χ1n) is 8.64. The lowest BCUT2D eigenvalue weighted by Gasteiger charge is -2.26. The lowest BCUT2D eigenvalue weighted by atomic mass is 10.1. The topological polar surface area (TPSA) is 65.4 Å². The van der Waals surface area contributed by atoms with E-state index < -0.39 is 0 Å². The van der Waals surface area contributed by atoms with Gasteiger partial charge in [0, 0.05) is 6.54 Å². The summed E-state index contributed by atoms with van der Waals surface area (Å²) >= 11 is 0. The Morgan fingerprint density at radius 2 is 2.19 bits per heavy atom. The van der Waals surface area contributed by atoms with Gasteiger partial charge in [-0.05, 0) is 36.8 Å². The summed E-state index contributed by atoms with van der Waals surface area (Å²) in [6.07, 6.45) is 0. The monoisotopic (exact) mass is 351 g/mol. The molecule has 2 heterocycles. The Bertz CT molecular complexity index is 964. The molecular formula is C20H21N3O3. The van der Waals surface area contributed by atoms with Crippen LogP contribution in [0.1, 0.15) is 27.8 Å². The number of amides is 1. The second-order valence-corrected chi connectivity index (χ2v) is 6.47. The Balaban J connectivity index is 1.57. The Labute approximate surface area is 151 Å². The molecule has 1 N–H and O–H groups in total. The third kappa shape index (κ3) is 2.93. The Morgan fingerprint density at radius 3 is 3.04 bits per heavy atom. The molecule has 0 saturated heterocycles. The number of aryl methyl sites for hydroxylation is 1. The normalized spacial score (nSPS) is 16.3. The molecule has 4 rings (SSSR count). The number of methoxy groups -OCH3 is 1. The van der Waals surface area contributed by atoms with E-state index in [-0.39, 0.29) is 11.9 Å². The van der Waals surface area contributed by atoms with Gasteiger partial charge in [-0.2, -0.15) is 0 Å². The third-order valence-electron chi connectivity index (χ3n) is 4.67. The highest BCUT2D eigenvalue weighted by molar-refractivity contribution is 5.96.